The fourth-order valence-electron chi connectivity index (χ4n) is 4.11. The van der Waals surface area contributed by atoms with Crippen LogP contribution in [0.5, 0.6) is 0 Å². The molecule has 116 valence electrons. The van der Waals surface area contributed by atoms with E-state index in [1.807, 2.05) is 0 Å². The number of carbonyl (C=O) groups is 1. The Bertz CT molecular complexity index is 323. The van der Waals surface area contributed by atoms with Gasteiger partial charge in [0.2, 0.25) is 0 Å². The lowest BCUT2D eigenvalue weighted by Gasteiger charge is -2.40. The Kier molecular flexibility index (Phi) is 5.62. The van der Waals surface area contributed by atoms with Gasteiger partial charge in [0.15, 0.2) is 0 Å². The molecule has 2 fully saturated rings. The third-order valence-corrected chi connectivity index (χ3v) is 5.54. The van der Waals surface area contributed by atoms with Crippen molar-refractivity contribution in [1.29, 1.82) is 0 Å². The predicted octanol–water partition coefficient (Wildman–Crippen LogP) is 2.65. The van der Waals surface area contributed by atoms with E-state index in [-0.39, 0.29) is 5.92 Å². The van der Waals surface area contributed by atoms with E-state index < -0.39 is 0 Å². The van der Waals surface area contributed by atoms with Gasteiger partial charge in [-0.25, -0.2) is 0 Å². The van der Waals surface area contributed by atoms with Crippen LogP contribution in [0, 0.1) is 17.8 Å². The Morgan fingerprint density at radius 3 is 2.45 bits per heavy atom. The van der Waals surface area contributed by atoms with Gasteiger partial charge in [0, 0.05) is 24.9 Å². The monoisotopic (exact) mass is 280 g/mol. The van der Waals surface area contributed by atoms with Crippen molar-refractivity contribution in [2.75, 3.05) is 33.2 Å². The van der Waals surface area contributed by atoms with Crippen LogP contribution in [-0.4, -0.2) is 54.9 Å². The van der Waals surface area contributed by atoms with Crippen molar-refractivity contribution in [3.8, 4) is 0 Å². The first-order chi connectivity index (χ1) is 9.51. The summed E-state index contributed by atoms with van der Waals surface area (Å²) in [5.41, 5.74) is 0. The molecule has 1 heterocycles. The van der Waals surface area contributed by atoms with Gasteiger partial charge >= 0.3 is 0 Å². The van der Waals surface area contributed by atoms with Gasteiger partial charge in [-0.1, -0.05) is 20.8 Å². The van der Waals surface area contributed by atoms with Crippen molar-refractivity contribution in [1.82, 2.24) is 9.80 Å². The molecular formula is C17H32N2O. The molecule has 0 bridgehead atoms. The second-order valence-corrected chi connectivity index (χ2v) is 7.20. The molecule has 0 aromatic rings. The quantitative estimate of drug-likeness (QED) is 0.791. The molecule has 0 N–H and O–H groups in total. The molecule has 2 rings (SSSR count). The minimum Gasteiger partial charge on any atom is -0.303 e. The van der Waals surface area contributed by atoms with Crippen molar-refractivity contribution in [3.63, 3.8) is 0 Å². The minimum atomic E-state index is 0.278. The fraction of sp³-hybridized carbons (Fsp3) is 0.941. The van der Waals surface area contributed by atoms with Crippen LogP contribution in [0.3, 0.4) is 0 Å². The van der Waals surface area contributed by atoms with Crippen LogP contribution in [0.2, 0.25) is 0 Å². The van der Waals surface area contributed by atoms with Gasteiger partial charge in [-0.15, -0.1) is 0 Å². The van der Waals surface area contributed by atoms with Crippen molar-refractivity contribution in [2.45, 2.75) is 52.5 Å². The van der Waals surface area contributed by atoms with Crippen molar-refractivity contribution < 1.29 is 4.79 Å². The molecule has 3 heteroatoms. The minimum absolute atomic E-state index is 0.278. The second-order valence-electron chi connectivity index (χ2n) is 7.20. The van der Waals surface area contributed by atoms with Crippen LogP contribution in [-0.2, 0) is 4.79 Å². The normalized spacial score (nSPS) is 33.9. The molecule has 1 aliphatic carbocycles. The van der Waals surface area contributed by atoms with Crippen molar-refractivity contribution in [3.05, 3.63) is 0 Å². The lowest BCUT2D eigenvalue weighted by Crippen LogP contribution is -2.47. The smallest absolute Gasteiger partial charge is 0.137 e. The molecule has 20 heavy (non-hydrogen) atoms. The van der Waals surface area contributed by atoms with Crippen molar-refractivity contribution >= 4 is 5.78 Å². The molecule has 0 radical (unpaired) electrons. The van der Waals surface area contributed by atoms with Crippen LogP contribution in [0.15, 0.2) is 0 Å². The summed E-state index contributed by atoms with van der Waals surface area (Å²) in [6.45, 7) is 11.3. The summed E-state index contributed by atoms with van der Waals surface area (Å²) < 4.78 is 0. The maximum Gasteiger partial charge on any atom is 0.137 e. The molecule has 2 aliphatic rings. The highest BCUT2D eigenvalue weighted by atomic mass is 16.1. The van der Waals surface area contributed by atoms with Crippen LogP contribution in [0.4, 0.5) is 0 Å². The van der Waals surface area contributed by atoms with E-state index in [1.54, 1.807) is 0 Å². The van der Waals surface area contributed by atoms with Crippen LogP contribution in [0.25, 0.3) is 0 Å². The number of Topliss-reactive ketones (excluding diaryl/α,β-unsaturated/α-hetero) is 1. The highest BCUT2D eigenvalue weighted by Gasteiger charge is 2.34. The Morgan fingerprint density at radius 2 is 1.90 bits per heavy atom. The molecule has 3 nitrogen and oxygen atoms in total. The van der Waals surface area contributed by atoms with E-state index in [0.717, 1.165) is 13.0 Å². The molecule has 0 amide bonds. The summed E-state index contributed by atoms with van der Waals surface area (Å²) in [4.78, 5) is 17.3. The number of likely N-dealkylation sites (tertiary alicyclic amines) is 1. The van der Waals surface area contributed by atoms with Crippen LogP contribution in [0.1, 0.15) is 46.5 Å². The van der Waals surface area contributed by atoms with Crippen LogP contribution >= 0.6 is 0 Å². The van der Waals surface area contributed by atoms with Gasteiger partial charge in [0.25, 0.3) is 0 Å². The van der Waals surface area contributed by atoms with E-state index in [0.29, 0.717) is 23.7 Å². The predicted molar refractivity (Wildman–Crippen MR) is 83.8 cm³/mol. The van der Waals surface area contributed by atoms with Gasteiger partial charge in [-0.2, -0.15) is 0 Å². The third-order valence-electron chi connectivity index (χ3n) is 5.54. The number of piperidine rings is 1. The maximum absolute atomic E-state index is 12.3. The largest absolute Gasteiger partial charge is 0.303 e. The molecule has 3 unspecified atom stereocenters. The van der Waals surface area contributed by atoms with E-state index in [1.165, 1.54) is 38.9 Å². The molecule has 1 aliphatic heterocycles. The number of hydrogen-bond acceptors (Lipinski definition) is 3. The highest BCUT2D eigenvalue weighted by Crippen LogP contribution is 2.32. The maximum atomic E-state index is 12.3. The average Bonchev–Trinajstić information content (AvgIpc) is 2.42. The van der Waals surface area contributed by atoms with Gasteiger partial charge in [-0.05, 0) is 57.8 Å². The first-order valence-corrected chi connectivity index (χ1v) is 8.46. The molecule has 1 saturated heterocycles. The summed E-state index contributed by atoms with van der Waals surface area (Å²) in [7, 11) is 2.23. The number of rotatable bonds is 4. The molecular weight excluding hydrogens is 248 g/mol. The zero-order valence-electron chi connectivity index (χ0n) is 13.8. The summed E-state index contributed by atoms with van der Waals surface area (Å²) in [6.07, 6.45) is 4.54. The van der Waals surface area contributed by atoms with Crippen molar-refractivity contribution in [2.24, 2.45) is 17.8 Å². The van der Waals surface area contributed by atoms with E-state index in [2.05, 4.69) is 37.6 Å². The SMILES string of the molecule is CCN1CCC(N(C)CC2C(=O)CC(C)CC2C)CC1. The number of carbonyl (C=O) groups excluding carboxylic acids is 1. The summed E-state index contributed by atoms with van der Waals surface area (Å²) in [5.74, 6) is 1.94. The van der Waals surface area contributed by atoms with E-state index >= 15 is 0 Å². The fourth-order valence-corrected chi connectivity index (χ4v) is 4.11. The zero-order chi connectivity index (χ0) is 14.7. The number of hydrogen-bond donors (Lipinski definition) is 0. The van der Waals surface area contributed by atoms with E-state index in [4.69, 9.17) is 0 Å². The first kappa shape index (κ1) is 16.0. The van der Waals surface area contributed by atoms with Gasteiger partial charge in [0.05, 0.1) is 0 Å². The summed E-state index contributed by atoms with van der Waals surface area (Å²) >= 11 is 0. The van der Waals surface area contributed by atoms with Gasteiger partial charge < -0.3 is 9.80 Å². The Morgan fingerprint density at radius 1 is 1.25 bits per heavy atom. The third kappa shape index (κ3) is 3.82. The highest BCUT2D eigenvalue weighted by molar-refractivity contribution is 5.82. The van der Waals surface area contributed by atoms with Crippen LogP contribution < -0.4 is 0 Å². The zero-order valence-corrected chi connectivity index (χ0v) is 13.8. The lowest BCUT2D eigenvalue weighted by atomic mass is 9.74. The molecule has 0 aromatic heterocycles. The first-order valence-electron chi connectivity index (χ1n) is 8.46. The van der Waals surface area contributed by atoms with Gasteiger partial charge in [-0.3, -0.25) is 4.79 Å². The topological polar surface area (TPSA) is 23.6 Å². The second kappa shape index (κ2) is 7.04. The average molecular weight is 280 g/mol. The summed E-state index contributed by atoms with van der Waals surface area (Å²) in [5, 5.41) is 0. The Labute approximate surface area is 124 Å². The summed E-state index contributed by atoms with van der Waals surface area (Å²) in [6, 6.07) is 0.678. The number of nitrogens with zero attached hydrogens (tertiary/aromatic N) is 2. The Hall–Kier alpha value is -0.410. The molecule has 3 atom stereocenters. The lowest BCUT2D eigenvalue weighted by molar-refractivity contribution is -0.128. The Balaban J connectivity index is 1.85. The van der Waals surface area contributed by atoms with E-state index in [9.17, 15) is 4.79 Å². The number of ketones is 1. The molecule has 0 aromatic carbocycles. The molecule has 1 saturated carbocycles. The molecule has 0 spiro atoms. The van der Waals surface area contributed by atoms with Gasteiger partial charge in [0.1, 0.15) is 5.78 Å². The standard InChI is InChI=1S/C17H32N2O/c1-5-19-8-6-15(7-9-19)18(4)12-16-14(3)10-13(2)11-17(16)20/h13-16H,5-12H2,1-4H3.